The fourth-order valence-electron chi connectivity index (χ4n) is 3.90. The fraction of sp³-hybridized carbons (Fsp3) is 0.217. The van der Waals surface area contributed by atoms with Gasteiger partial charge in [0.25, 0.3) is 5.91 Å². The Labute approximate surface area is 184 Å². The molecule has 1 aromatic heterocycles. The van der Waals surface area contributed by atoms with Gasteiger partial charge in [0.2, 0.25) is 0 Å². The van der Waals surface area contributed by atoms with E-state index in [9.17, 15) is 14.4 Å². The van der Waals surface area contributed by atoms with E-state index in [1.165, 1.54) is 6.07 Å². The quantitative estimate of drug-likeness (QED) is 0.524. The number of hydrogen-bond acceptors (Lipinski definition) is 5. The van der Waals surface area contributed by atoms with Crippen LogP contribution >= 0.6 is 0 Å². The highest BCUT2D eigenvalue weighted by Crippen LogP contribution is 2.44. The molecule has 0 fully saturated rings. The molecule has 0 saturated carbocycles. The van der Waals surface area contributed by atoms with E-state index < -0.39 is 24.5 Å². The lowest BCUT2D eigenvalue weighted by molar-refractivity contribution is -0.137. The van der Waals surface area contributed by atoms with Gasteiger partial charge in [-0.2, -0.15) is 5.10 Å². The normalized spacial score (nSPS) is 12.0. The van der Waals surface area contributed by atoms with E-state index in [0.29, 0.717) is 0 Å². The smallest absolute Gasteiger partial charge is 0.412 e. The van der Waals surface area contributed by atoms with Crippen LogP contribution in [0, 0.1) is 0 Å². The van der Waals surface area contributed by atoms with Gasteiger partial charge in [-0.1, -0.05) is 48.5 Å². The van der Waals surface area contributed by atoms with Gasteiger partial charge in [0.05, 0.1) is 0 Å². The van der Waals surface area contributed by atoms with Gasteiger partial charge in [-0.15, -0.1) is 0 Å². The average molecular weight is 434 g/mol. The van der Waals surface area contributed by atoms with Gasteiger partial charge in [-0.05, 0) is 29.2 Å². The topological polar surface area (TPSA) is 125 Å². The molecule has 0 spiro atoms. The lowest BCUT2D eigenvalue weighted by Gasteiger charge is -2.16. The number of aliphatic carboxylic acids is 1. The van der Waals surface area contributed by atoms with Gasteiger partial charge in [0, 0.05) is 18.5 Å². The molecule has 1 aliphatic carbocycles. The molecule has 2 aromatic carbocycles. The predicted octanol–water partition coefficient (Wildman–Crippen LogP) is 3.32. The van der Waals surface area contributed by atoms with Crippen molar-refractivity contribution >= 4 is 23.8 Å². The largest absolute Gasteiger partial charge is 0.480 e. The number of carboxylic acids is 1. The number of aromatic nitrogens is 2. The van der Waals surface area contributed by atoms with Crippen LogP contribution in [-0.2, 0) is 9.53 Å². The molecule has 0 aliphatic heterocycles. The number of H-pyrrole nitrogens is 1. The number of aromatic amines is 1. The van der Waals surface area contributed by atoms with Crippen LogP contribution < -0.4 is 5.32 Å². The van der Waals surface area contributed by atoms with Crippen molar-refractivity contribution in [2.75, 3.05) is 25.0 Å². The second-order valence-corrected chi connectivity index (χ2v) is 7.33. The molecule has 164 valence electrons. The Balaban J connectivity index is 1.39. The lowest BCUT2D eigenvalue weighted by atomic mass is 9.98. The molecule has 0 saturated heterocycles. The summed E-state index contributed by atoms with van der Waals surface area (Å²) < 4.78 is 5.46. The monoisotopic (exact) mass is 434 g/mol. The van der Waals surface area contributed by atoms with E-state index >= 15 is 0 Å². The number of ether oxygens (including phenoxy) is 1. The minimum atomic E-state index is -1.11. The van der Waals surface area contributed by atoms with E-state index in [1.807, 2.05) is 36.4 Å². The number of benzene rings is 2. The molecule has 1 heterocycles. The fourth-order valence-corrected chi connectivity index (χ4v) is 3.90. The number of amides is 2. The first-order valence-corrected chi connectivity index (χ1v) is 10.2. The molecule has 4 rings (SSSR count). The van der Waals surface area contributed by atoms with Crippen molar-refractivity contribution in [3.63, 3.8) is 0 Å². The number of likely N-dealkylation sites (N-methyl/N-ethyl adjacent to an activating group) is 1. The van der Waals surface area contributed by atoms with Gasteiger partial charge in [0.1, 0.15) is 18.8 Å². The van der Waals surface area contributed by atoms with Gasteiger partial charge in [0.15, 0.2) is 5.82 Å². The number of nitrogens with one attached hydrogen (secondary N) is 2. The molecule has 9 heteroatoms. The molecule has 1 aliphatic rings. The zero-order valence-electron chi connectivity index (χ0n) is 17.4. The first kappa shape index (κ1) is 21.1. The SMILES string of the molecule is CCN(CC(=O)O)C(=O)c1cc(NC(=O)OCC2c3ccccc3-c3ccccc32)n[nH]1. The third-order valence-electron chi connectivity index (χ3n) is 5.38. The van der Waals surface area contributed by atoms with Gasteiger partial charge in [-0.3, -0.25) is 20.0 Å². The molecule has 32 heavy (non-hydrogen) atoms. The van der Waals surface area contributed by atoms with Crippen LogP contribution in [0.15, 0.2) is 54.6 Å². The number of carbonyl (C=O) groups is 3. The van der Waals surface area contributed by atoms with Gasteiger partial charge in [-0.25, -0.2) is 4.79 Å². The van der Waals surface area contributed by atoms with Crippen LogP contribution in [0.4, 0.5) is 10.6 Å². The van der Waals surface area contributed by atoms with Gasteiger partial charge < -0.3 is 14.7 Å². The summed E-state index contributed by atoms with van der Waals surface area (Å²) in [6.45, 7) is 1.62. The van der Waals surface area contributed by atoms with Crippen LogP contribution in [0.1, 0.15) is 34.5 Å². The maximum Gasteiger partial charge on any atom is 0.412 e. The third kappa shape index (κ3) is 4.18. The van der Waals surface area contributed by atoms with Crippen molar-refractivity contribution in [1.29, 1.82) is 0 Å². The second kappa shape index (κ2) is 8.93. The van der Waals surface area contributed by atoms with E-state index in [0.717, 1.165) is 27.2 Å². The summed E-state index contributed by atoms with van der Waals surface area (Å²) in [7, 11) is 0. The van der Waals surface area contributed by atoms with Crippen LogP contribution in [0.5, 0.6) is 0 Å². The molecular formula is C23H22N4O5. The summed E-state index contributed by atoms with van der Waals surface area (Å²) in [4.78, 5) is 36.8. The molecule has 3 N–H and O–H groups in total. The summed E-state index contributed by atoms with van der Waals surface area (Å²) in [5, 5.41) is 17.8. The number of anilines is 1. The highest BCUT2D eigenvalue weighted by atomic mass is 16.5. The number of fused-ring (bicyclic) bond motifs is 3. The Morgan fingerprint density at radius 2 is 1.72 bits per heavy atom. The first-order valence-electron chi connectivity index (χ1n) is 10.2. The lowest BCUT2D eigenvalue weighted by Crippen LogP contribution is -2.35. The molecule has 9 nitrogen and oxygen atoms in total. The molecule has 0 radical (unpaired) electrons. The minimum Gasteiger partial charge on any atom is -0.480 e. The second-order valence-electron chi connectivity index (χ2n) is 7.33. The van der Waals surface area contributed by atoms with Gasteiger partial charge >= 0.3 is 12.1 Å². The predicted molar refractivity (Wildman–Crippen MR) is 116 cm³/mol. The standard InChI is InChI=1S/C23H22N4O5/c1-2-27(12-21(28)29)22(30)19-11-20(26-25-19)24-23(31)32-13-18-16-9-5-3-7-14(16)15-8-4-6-10-17(15)18/h3-11,18H,2,12-13H2,1H3,(H,28,29)(H2,24,25,26,31). The number of nitrogens with zero attached hydrogens (tertiary/aromatic N) is 2. The highest BCUT2D eigenvalue weighted by molar-refractivity contribution is 5.95. The molecular weight excluding hydrogens is 412 g/mol. The Bertz CT molecular complexity index is 1130. The van der Waals surface area contributed by atoms with E-state index in [2.05, 4.69) is 27.6 Å². The van der Waals surface area contributed by atoms with Crippen molar-refractivity contribution < 1.29 is 24.2 Å². The number of carboxylic acid groups (broad SMARTS) is 1. The van der Waals surface area contributed by atoms with E-state index in [4.69, 9.17) is 9.84 Å². The summed E-state index contributed by atoms with van der Waals surface area (Å²) in [6, 6.07) is 17.4. The Kier molecular flexibility index (Phi) is 5.89. The zero-order valence-corrected chi connectivity index (χ0v) is 17.4. The molecule has 0 unspecified atom stereocenters. The summed E-state index contributed by atoms with van der Waals surface area (Å²) >= 11 is 0. The van der Waals surface area contributed by atoms with Crippen LogP contribution in [-0.4, -0.2) is 57.9 Å². The van der Waals surface area contributed by atoms with Crippen molar-refractivity contribution in [1.82, 2.24) is 15.1 Å². The Morgan fingerprint density at radius 3 is 2.31 bits per heavy atom. The molecule has 0 atom stereocenters. The highest BCUT2D eigenvalue weighted by Gasteiger charge is 2.29. The summed E-state index contributed by atoms with van der Waals surface area (Å²) in [5.41, 5.74) is 4.55. The number of carbonyl (C=O) groups excluding carboxylic acids is 2. The summed E-state index contributed by atoms with van der Waals surface area (Å²) in [6.07, 6.45) is -0.699. The van der Waals surface area contributed by atoms with Crippen LogP contribution in [0.2, 0.25) is 0 Å². The maximum atomic E-state index is 12.4. The Morgan fingerprint density at radius 1 is 1.09 bits per heavy atom. The maximum absolute atomic E-state index is 12.4. The number of rotatable bonds is 7. The van der Waals surface area contributed by atoms with E-state index in [-0.39, 0.29) is 30.6 Å². The first-order chi connectivity index (χ1) is 15.5. The number of hydrogen-bond donors (Lipinski definition) is 3. The molecule has 3 aromatic rings. The molecule has 0 bridgehead atoms. The van der Waals surface area contributed by atoms with Crippen LogP contribution in [0.3, 0.4) is 0 Å². The Hall–Kier alpha value is -4.14. The zero-order chi connectivity index (χ0) is 22.7. The van der Waals surface area contributed by atoms with E-state index in [1.54, 1.807) is 6.92 Å². The van der Waals surface area contributed by atoms with Crippen molar-refractivity contribution in [3.8, 4) is 11.1 Å². The van der Waals surface area contributed by atoms with Crippen molar-refractivity contribution in [2.24, 2.45) is 0 Å². The summed E-state index contributed by atoms with van der Waals surface area (Å²) in [5.74, 6) is -1.60. The van der Waals surface area contributed by atoms with Crippen molar-refractivity contribution in [2.45, 2.75) is 12.8 Å². The third-order valence-corrected chi connectivity index (χ3v) is 5.38. The average Bonchev–Trinajstić information content (AvgIpc) is 3.38. The van der Waals surface area contributed by atoms with Crippen molar-refractivity contribution in [3.05, 3.63) is 71.4 Å². The molecule has 2 amide bonds. The minimum absolute atomic E-state index is 0.0707. The van der Waals surface area contributed by atoms with Crippen LogP contribution in [0.25, 0.3) is 11.1 Å².